The zero-order chi connectivity index (χ0) is 19.6. The fourth-order valence-electron chi connectivity index (χ4n) is 4.37. The number of aryl methyl sites for hydroxylation is 1. The SMILES string of the molecule is CN1[C@H]2CCC[C@H]1CC(NC(=O)c1nn(C)c3ccccc13)C2.O=[N+]([O-])[O-]. The van der Waals surface area contributed by atoms with Crippen LogP contribution in [0, 0.1) is 15.3 Å². The number of hydrogen-bond acceptors (Lipinski definition) is 6. The minimum atomic E-state index is -1.75. The number of nitrogens with zero attached hydrogens (tertiary/aromatic N) is 4. The number of carbonyl (C=O) groups is 1. The second kappa shape index (κ2) is 7.91. The van der Waals surface area contributed by atoms with Gasteiger partial charge in [-0.15, -0.1) is 0 Å². The normalized spacial score (nSPS) is 24.7. The number of nitrogens with one attached hydrogen (secondary N) is 1. The zero-order valence-electron chi connectivity index (χ0n) is 15.5. The van der Waals surface area contributed by atoms with Gasteiger partial charge in [0.25, 0.3) is 5.91 Å². The lowest BCUT2D eigenvalue weighted by Crippen LogP contribution is -2.55. The van der Waals surface area contributed by atoms with Gasteiger partial charge in [-0.2, -0.15) is 5.10 Å². The van der Waals surface area contributed by atoms with Gasteiger partial charge in [-0.25, -0.2) is 0 Å². The quantitative estimate of drug-likeness (QED) is 0.635. The van der Waals surface area contributed by atoms with Crippen LogP contribution in [0.25, 0.3) is 10.9 Å². The second-order valence-electron chi connectivity index (χ2n) is 7.26. The number of benzene rings is 1. The first-order valence-electron chi connectivity index (χ1n) is 9.13. The average molecular weight is 374 g/mol. The smallest absolute Gasteiger partial charge is 0.272 e. The molecule has 2 atom stereocenters. The Hall–Kier alpha value is -2.68. The van der Waals surface area contributed by atoms with Crippen LogP contribution in [0.15, 0.2) is 24.3 Å². The molecule has 2 aromatic rings. The highest BCUT2D eigenvalue weighted by Gasteiger charge is 2.36. The van der Waals surface area contributed by atoms with E-state index in [1.54, 1.807) is 4.68 Å². The van der Waals surface area contributed by atoms with Crippen molar-refractivity contribution in [3.63, 3.8) is 0 Å². The monoisotopic (exact) mass is 374 g/mol. The molecule has 0 radical (unpaired) electrons. The highest BCUT2D eigenvalue weighted by Crippen LogP contribution is 2.32. The van der Waals surface area contributed by atoms with Crippen molar-refractivity contribution in [1.82, 2.24) is 20.0 Å². The summed E-state index contributed by atoms with van der Waals surface area (Å²) in [6.45, 7) is 0. The van der Waals surface area contributed by atoms with Gasteiger partial charge in [-0.1, -0.05) is 24.6 Å². The summed E-state index contributed by atoms with van der Waals surface area (Å²) in [5.41, 5.74) is 1.55. The molecule has 2 bridgehead atoms. The molecule has 1 aromatic heterocycles. The number of para-hydroxylation sites is 1. The van der Waals surface area contributed by atoms with Crippen LogP contribution in [0.1, 0.15) is 42.6 Å². The van der Waals surface area contributed by atoms with E-state index in [-0.39, 0.29) is 11.9 Å². The first-order chi connectivity index (χ1) is 12.9. The van der Waals surface area contributed by atoms with Crippen molar-refractivity contribution in [2.75, 3.05) is 7.05 Å². The third-order valence-electron chi connectivity index (χ3n) is 5.65. The maximum Gasteiger partial charge on any atom is 0.272 e. The van der Waals surface area contributed by atoms with Crippen LogP contribution >= 0.6 is 0 Å². The Labute approximate surface area is 157 Å². The Balaban J connectivity index is 0.000000481. The summed E-state index contributed by atoms with van der Waals surface area (Å²) in [6.07, 6.45) is 5.95. The van der Waals surface area contributed by atoms with Crippen molar-refractivity contribution in [1.29, 1.82) is 0 Å². The van der Waals surface area contributed by atoms with E-state index in [0.717, 1.165) is 23.7 Å². The molecular formula is C18H24N5O4-. The predicted molar refractivity (Wildman–Crippen MR) is 101 cm³/mol. The molecule has 4 rings (SSSR count). The van der Waals surface area contributed by atoms with Gasteiger partial charge < -0.3 is 25.5 Å². The third-order valence-corrected chi connectivity index (χ3v) is 5.65. The molecule has 1 amide bonds. The molecule has 0 spiro atoms. The topological polar surface area (TPSA) is 116 Å². The lowest BCUT2D eigenvalue weighted by molar-refractivity contribution is -0.402. The number of rotatable bonds is 2. The van der Waals surface area contributed by atoms with Crippen LogP contribution < -0.4 is 5.32 Å². The van der Waals surface area contributed by atoms with Crippen molar-refractivity contribution in [3.8, 4) is 0 Å². The predicted octanol–water partition coefficient (Wildman–Crippen LogP) is 2.08. The summed E-state index contributed by atoms with van der Waals surface area (Å²) in [6, 6.07) is 9.42. The molecule has 9 heteroatoms. The Kier molecular flexibility index (Phi) is 5.59. The minimum Gasteiger partial charge on any atom is -0.356 e. The molecule has 2 fully saturated rings. The molecular weight excluding hydrogens is 350 g/mol. The van der Waals surface area contributed by atoms with Gasteiger partial charge in [0.1, 0.15) is 0 Å². The van der Waals surface area contributed by atoms with Crippen LogP contribution in [0.2, 0.25) is 0 Å². The zero-order valence-corrected chi connectivity index (χ0v) is 15.5. The Bertz CT molecular complexity index is 818. The third kappa shape index (κ3) is 4.19. The summed E-state index contributed by atoms with van der Waals surface area (Å²) in [4.78, 5) is 23.5. The number of hydrogen-bond donors (Lipinski definition) is 1. The van der Waals surface area contributed by atoms with E-state index in [9.17, 15) is 4.79 Å². The van der Waals surface area contributed by atoms with E-state index in [2.05, 4.69) is 22.4 Å². The molecule has 1 N–H and O–H groups in total. The molecule has 2 aliphatic rings. The molecule has 1 aromatic carbocycles. The highest BCUT2D eigenvalue weighted by atomic mass is 16.9. The number of aromatic nitrogens is 2. The van der Waals surface area contributed by atoms with Gasteiger partial charge in [0, 0.05) is 30.6 Å². The van der Waals surface area contributed by atoms with Crippen molar-refractivity contribution in [3.05, 3.63) is 45.3 Å². The van der Waals surface area contributed by atoms with Crippen molar-refractivity contribution in [2.45, 2.75) is 50.2 Å². The largest absolute Gasteiger partial charge is 0.356 e. The van der Waals surface area contributed by atoms with Crippen LogP contribution in [-0.4, -0.2) is 50.8 Å². The molecule has 0 unspecified atom stereocenters. The van der Waals surface area contributed by atoms with Gasteiger partial charge in [0.05, 0.1) is 10.6 Å². The number of carbonyl (C=O) groups excluding carboxylic acids is 1. The van der Waals surface area contributed by atoms with E-state index < -0.39 is 5.09 Å². The first-order valence-corrected chi connectivity index (χ1v) is 9.13. The summed E-state index contributed by atoms with van der Waals surface area (Å²) in [7, 11) is 4.12. The highest BCUT2D eigenvalue weighted by molar-refractivity contribution is 6.04. The maximum atomic E-state index is 12.7. The van der Waals surface area contributed by atoms with Crippen molar-refractivity contribution < 1.29 is 9.88 Å². The fourth-order valence-corrected chi connectivity index (χ4v) is 4.37. The molecule has 2 aliphatic heterocycles. The number of piperidine rings is 2. The maximum absolute atomic E-state index is 12.7. The van der Waals surface area contributed by atoms with Crippen molar-refractivity contribution in [2.24, 2.45) is 7.05 Å². The Morgan fingerprint density at radius 1 is 1.19 bits per heavy atom. The molecule has 9 nitrogen and oxygen atoms in total. The molecule has 146 valence electrons. The minimum absolute atomic E-state index is 0.0329. The van der Waals surface area contributed by atoms with E-state index in [4.69, 9.17) is 15.3 Å². The summed E-state index contributed by atoms with van der Waals surface area (Å²) >= 11 is 0. The van der Waals surface area contributed by atoms with E-state index in [0.29, 0.717) is 17.8 Å². The van der Waals surface area contributed by atoms with Gasteiger partial charge in [-0.3, -0.25) is 9.48 Å². The number of fused-ring (bicyclic) bond motifs is 3. The Morgan fingerprint density at radius 3 is 2.41 bits per heavy atom. The van der Waals surface area contributed by atoms with E-state index in [1.807, 2.05) is 31.3 Å². The summed E-state index contributed by atoms with van der Waals surface area (Å²) < 4.78 is 1.79. The second-order valence-corrected chi connectivity index (χ2v) is 7.26. The van der Waals surface area contributed by atoms with Gasteiger partial charge in [-0.05, 0) is 38.8 Å². The summed E-state index contributed by atoms with van der Waals surface area (Å²) in [5, 5.41) is 23.4. The number of amides is 1. The average Bonchev–Trinajstić information content (AvgIpc) is 2.93. The lowest BCUT2D eigenvalue weighted by Gasteiger charge is -2.47. The van der Waals surface area contributed by atoms with Gasteiger partial charge in [0.2, 0.25) is 0 Å². The van der Waals surface area contributed by atoms with Gasteiger partial charge in [0.15, 0.2) is 5.69 Å². The molecule has 2 saturated heterocycles. The van der Waals surface area contributed by atoms with E-state index >= 15 is 0 Å². The van der Waals surface area contributed by atoms with Crippen LogP contribution in [0.3, 0.4) is 0 Å². The van der Waals surface area contributed by atoms with Crippen LogP contribution in [0.4, 0.5) is 0 Å². The summed E-state index contributed by atoms with van der Waals surface area (Å²) in [5.74, 6) is -0.0329. The fraction of sp³-hybridized carbons (Fsp3) is 0.556. The van der Waals surface area contributed by atoms with Crippen LogP contribution in [-0.2, 0) is 7.05 Å². The van der Waals surface area contributed by atoms with Crippen molar-refractivity contribution >= 4 is 16.8 Å². The Morgan fingerprint density at radius 2 is 1.78 bits per heavy atom. The van der Waals surface area contributed by atoms with E-state index in [1.165, 1.54) is 19.3 Å². The molecule has 27 heavy (non-hydrogen) atoms. The molecule has 0 aliphatic carbocycles. The first kappa shape index (κ1) is 19.1. The standard InChI is InChI=1S/C18H24N4O.NO3/c1-21-13-6-5-7-14(21)11-12(10-13)19-18(23)17-15-8-3-4-9-16(15)22(2)20-17;2-1(3)4/h3-4,8-9,12-14H,5-7,10-11H2,1-2H3,(H,19,23);/q;-1/t13-,14-;/m0./s1. The lowest BCUT2D eigenvalue weighted by atomic mass is 9.82. The molecule has 0 saturated carbocycles. The van der Waals surface area contributed by atoms with Gasteiger partial charge >= 0.3 is 0 Å². The molecule has 3 heterocycles. The van der Waals surface area contributed by atoms with Crippen LogP contribution in [0.5, 0.6) is 0 Å².